The molecular formula is C19H28ClN5O9S2. The molecule has 1 aliphatic rings. The molecular weight excluding hydrogens is 542 g/mol. The van der Waals surface area contributed by atoms with Gasteiger partial charge in [0.1, 0.15) is 15.8 Å². The van der Waals surface area contributed by atoms with Crippen LogP contribution in [0.1, 0.15) is 33.1 Å². The second-order valence-corrected chi connectivity index (χ2v) is 11.4. The molecule has 2 rings (SSSR count). The van der Waals surface area contributed by atoms with Crippen LogP contribution in [-0.2, 0) is 34.4 Å². The smallest absolute Gasteiger partial charge is 0.410 e. The summed E-state index contributed by atoms with van der Waals surface area (Å²) in [6.07, 6.45) is -1.29. The number of sulfonamides is 2. The van der Waals surface area contributed by atoms with E-state index >= 15 is 0 Å². The Balaban J connectivity index is 1.91. The van der Waals surface area contributed by atoms with Gasteiger partial charge in [0.25, 0.3) is 0 Å². The highest BCUT2D eigenvalue weighted by Gasteiger charge is 2.33. The zero-order chi connectivity index (χ0) is 27.3. The number of anilines is 1. The Morgan fingerprint density at radius 3 is 2.56 bits per heavy atom. The van der Waals surface area contributed by atoms with E-state index in [9.17, 15) is 31.2 Å². The SMILES string of the molecule is CCOC(=O)N(CCCCNC(=O)C[C@H]1Nc2cc(Cl)c(S(N)(=O)=O)cc2S(=O)(=O)N1)C(C)C(=O)O. The van der Waals surface area contributed by atoms with Crippen LogP contribution in [0.15, 0.2) is 21.9 Å². The number of fused-ring (bicyclic) bond motifs is 1. The lowest BCUT2D eigenvalue weighted by Crippen LogP contribution is -2.47. The van der Waals surface area contributed by atoms with Crippen LogP contribution >= 0.6 is 11.6 Å². The van der Waals surface area contributed by atoms with Crippen molar-refractivity contribution in [1.82, 2.24) is 14.9 Å². The number of nitrogens with two attached hydrogens (primary N) is 1. The molecule has 0 aromatic heterocycles. The number of carboxylic acid groups (broad SMARTS) is 1. The normalized spacial score (nSPS) is 17.3. The van der Waals surface area contributed by atoms with Gasteiger partial charge in [-0.25, -0.2) is 31.6 Å². The molecule has 202 valence electrons. The third-order valence-corrected chi connectivity index (χ3v) is 8.01. The third-order valence-electron chi connectivity index (χ3n) is 5.12. The molecule has 14 nitrogen and oxygen atoms in total. The van der Waals surface area contributed by atoms with Crippen LogP contribution in [0.25, 0.3) is 0 Å². The maximum Gasteiger partial charge on any atom is 0.410 e. The third kappa shape index (κ3) is 7.67. The van der Waals surface area contributed by atoms with Gasteiger partial charge in [-0.05, 0) is 38.8 Å². The molecule has 1 aliphatic heterocycles. The summed E-state index contributed by atoms with van der Waals surface area (Å²) in [7, 11) is -8.43. The number of carbonyl (C=O) groups is 3. The second-order valence-electron chi connectivity index (χ2n) is 7.81. The Kier molecular flexibility index (Phi) is 9.90. The Labute approximate surface area is 213 Å². The summed E-state index contributed by atoms with van der Waals surface area (Å²) in [5.41, 5.74) is 0.00978. The minimum absolute atomic E-state index is 0.00978. The molecule has 1 heterocycles. The molecule has 0 aliphatic carbocycles. The van der Waals surface area contributed by atoms with Crippen LogP contribution in [0, 0.1) is 0 Å². The zero-order valence-corrected chi connectivity index (χ0v) is 21.9. The van der Waals surface area contributed by atoms with E-state index in [1.807, 2.05) is 0 Å². The number of unbranched alkanes of at least 4 members (excludes halogenated alkanes) is 1. The number of primary sulfonamides is 1. The Morgan fingerprint density at radius 2 is 1.97 bits per heavy atom. The summed E-state index contributed by atoms with van der Waals surface area (Å²) in [5, 5.41) is 19.3. The summed E-state index contributed by atoms with van der Waals surface area (Å²) in [6.45, 7) is 3.36. The summed E-state index contributed by atoms with van der Waals surface area (Å²) < 4.78 is 55.5. The average Bonchev–Trinajstić information content (AvgIpc) is 2.73. The number of benzene rings is 1. The van der Waals surface area contributed by atoms with E-state index in [1.54, 1.807) is 6.92 Å². The van der Waals surface area contributed by atoms with Gasteiger partial charge in [0.2, 0.25) is 26.0 Å². The lowest BCUT2D eigenvalue weighted by atomic mass is 10.2. The molecule has 2 atom stereocenters. The van der Waals surface area contributed by atoms with Crippen LogP contribution in [0.3, 0.4) is 0 Å². The number of carbonyl (C=O) groups excluding carboxylic acids is 2. The van der Waals surface area contributed by atoms with E-state index in [2.05, 4.69) is 15.4 Å². The van der Waals surface area contributed by atoms with Crippen LogP contribution in [-0.4, -0.2) is 76.7 Å². The number of hydrogen-bond acceptors (Lipinski definition) is 9. The fourth-order valence-electron chi connectivity index (χ4n) is 3.32. The van der Waals surface area contributed by atoms with Crippen LogP contribution in [0.4, 0.5) is 10.5 Å². The first-order chi connectivity index (χ1) is 16.7. The average molecular weight is 570 g/mol. The highest BCUT2D eigenvalue weighted by Crippen LogP contribution is 2.33. The molecule has 2 amide bonds. The lowest BCUT2D eigenvalue weighted by molar-refractivity contribution is -0.142. The molecule has 0 fully saturated rings. The number of hydrogen-bond donors (Lipinski definition) is 5. The standard InChI is InChI=1S/C19H28ClN5O9S2/c1-3-34-19(29)25(11(2)18(27)28)7-5-4-6-22-17(26)10-16-23-13-8-12(20)14(35(21,30)31)9-15(13)36(32,33)24-16/h8-9,11,16,23-24H,3-7,10H2,1-2H3,(H,22,26)(H,27,28)(H2,21,30,31)/t11?,16-/m0/s1. The Bertz CT molecular complexity index is 1220. The maximum atomic E-state index is 12.6. The number of carboxylic acids is 1. The lowest BCUT2D eigenvalue weighted by Gasteiger charge is -2.28. The van der Waals surface area contributed by atoms with E-state index in [4.69, 9.17) is 26.6 Å². The molecule has 1 aromatic carbocycles. The first-order valence-corrected chi connectivity index (χ1v) is 14.2. The van der Waals surface area contributed by atoms with Gasteiger partial charge < -0.3 is 20.5 Å². The van der Waals surface area contributed by atoms with Crippen molar-refractivity contribution in [3.63, 3.8) is 0 Å². The topological polar surface area (TPSA) is 214 Å². The van der Waals surface area contributed by atoms with Gasteiger partial charge in [-0.3, -0.25) is 9.69 Å². The molecule has 0 bridgehead atoms. The van der Waals surface area contributed by atoms with Gasteiger partial charge in [-0.15, -0.1) is 0 Å². The van der Waals surface area contributed by atoms with E-state index in [-0.39, 0.29) is 41.7 Å². The quantitative estimate of drug-likeness (QED) is 0.229. The summed E-state index contributed by atoms with van der Waals surface area (Å²) >= 11 is 5.93. The van der Waals surface area contributed by atoms with Crippen molar-refractivity contribution in [2.45, 2.75) is 55.1 Å². The monoisotopic (exact) mass is 569 g/mol. The van der Waals surface area contributed by atoms with Gasteiger partial charge >= 0.3 is 12.1 Å². The number of rotatable bonds is 11. The molecule has 6 N–H and O–H groups in total. The second kappa shape index (κ2) is 12.1. The Morgan fingerprint density at radius 1 is 1.31 bits per heavy atom. The van der Waals surface area contributed by atoms with Crippen molar-refractivity contribution >= 4 is 55.3 Å². The van der Waals surface area contributed by atoms with Gasteiger partial charge in [-0.1, -0.05) is 11.6 Å². The van der Waals surface area contributed by atoms with Crippen LogP contribution in [0.5, 0.6) is 0 Å². The van der Waals surface area contributed by atoms with Gasteiger partial charge in [0.15, 0.2) is 0 Å². The highest BCUT2D eigenvalue weighted by atomic mass is 35.5. The highest BCUT2D eigenvalue weighted by molar-refractivity contribution is 7.90. The molecule has 0 saturated carbocycles. The van der Waals surface area contributed by atoms with E-state index < -0.39 is 55.1 Å². The van der Waals surface area contributed by atoms with Crippen LogP contribution in [0.2, 0.25) is 5.02 Å². The fraction of sp³-hybridized carbons (Fsp3) is 0.526. The summed E-state index contributed by atoms with van der Waals surface area (Å²) in [5.74, 6) is -1.67. The molecule has 1 aromatic rings. The number of nitrogens with zero attached hydrogens (tertiary/aromatic N) is 1. The van der Waals surface area contributed by atoms with Crippen molar-refractivity contribution in [2.24, 2.45) is 5.14 Å². The largest absolute Gasteiger partial charge is 0.480 e. The van der Waals surface area contributed by atoms with Crippen molar-refractivity contribution in [3.05, 3.63) is 17.2 Å². The predicted octanol–water partition coefficient (Wildman–Crippen LogP) is 0.235. The number of amides is 2. The molecule has 1 unspecified atom stereocenters. The van der Waals surface area contributed by atoms with Crippen molar-refractivity contribution in [2.75, 3.05) is 25.0 Å². The molecule has 0 radical (unpaired) electrons. The molecule has 0 spiro atoms. The number of aliphatic carboxylic acids is 1. The molecule has 36 heavy (non-hydrogen) atoms. The van der Waals surface area contributed by atoms with E-state index in [0.717, 1.165) is 17.0 Å². The van der Waals surface area contributed by atoms with Crippen LogP contribution < -0.4 is 20.5 Å². The first kappa shape index (κ1) is 29.6. The summed E-state index contributed by atoms with van der Waals surface area (Å²) in [6, 6.07) is 0.859. The predicted molar refractivity (Wildman–Crippen MR) is 128 cm³/mol. The van der Waals surface area contributed by atoms with E-state index in [0.29, 0.717) is 12.8 Å². The number of ether oxygens (including phenoxy) is 1. The fourth-order valence-corrected chi connectivity index (χ4v) is 5.82. The van der Waals surface area contributed by atoms with Gasteiger partial charge in [0.05, 0.1) is 29.9 Å². The van der Waals surface area contributed by atoms with Crippen molar-refractivity contribution in [1.29, 1.82) is 0 Å². The molecule has 17 heteroatoms. The Hall–Kier alpha value is -2.66. The zero-order valence-electron chi connectivity index (χ0n) is 19.5. The van der Waals surface area contributed by atoms with Gasteiger partial charge in [-0.2, -0.15) is 4.72 Å². The van der Waals surface area contributed by atoms with Gasteiger partial charge in [0, 0.05) is 13.1 Å². The number of halogens is 1. The van der Waals surface area contributed by atoms with Crippen molar-refractivity contribution < 1.29 is 41.1 Å². The van der Waals surface area contributed by atoms with E-state index in [1.165, 1.54) is 6.92 Å². The first-order valence-electron chi connectivity index (χ1n) is 10.8. The maximum absolute atomic E-state index is 12.6. The van der Waals surface area contributed by atoms with Crippen molar-refractivity contribution in [3.8, 4) is 0 Å². The number of nitrogens with one attached hydrogen (secondary N) is 3. The minimum Gasteiger partial charge on any atom is -0.480 e. The summed E-state index contributed by atoms with van der Waals surface area (Å²) in [4.78, 5) is 35.6. The molecule has 0 saturated heterocycles. The minimum atomic E-state index is -4.26.